The Bertz CT molecular complexity index is 291. The number of benzene rings is 1. The summed E-state index contributed by atoms with van der Waals surface area (Å²) in [5.74, 6) is 0.267. The summed E-state index contributed by atoms with van der Waals surface area (Å²) in [4.78, 5) is 0. The van der Waals surface area contributed by atoms with Gasteiger partial charge in [0.1, 0.15) is 5.75 Å². The zero-order valence-corrected chi connectivity index (χ0v) is 6.62. The van der Waals surface area contributed by atoms with Crippen molar-refractivity contribution in [1.29, 1.82) is 5.26 Å². The molecule has 0 fully saturated rings. The van der Waals surface area contributed by atoms with Gasteiger partial charge in [0.25, 0.3) is 0 Å². The van der Waals surface area contributed by atoms with Crippen LogP contribution in [0.1, 0.15) is 5.56 Å². The van der Waals surface area contributed by atoms with Gasteiger partial charge in [-0.2, -0.15) is 5.26 Å². The summed E-state index contributed by atoms with van der Waals surface area (Å²) in [5.41, 5.74) is 0.813. The van der Waals surface area contributed by atoms with Crippen molar-refractivity contribution in [1.82, 2.24) is 5.32 Å². The van der Waals surface area contributed by atoms with Crippen molar-refractivity contribution in [2.45, 2.75) is 6.54 Å². The van der Waals surface area contributed by atoms with Gasteiger partial charge in [-0.05, 0) is 6.07 Å². The summed E-state index contributed by atoms with van der Waals surface area (Å²) in [6, 6.07) is 9.03. The molecule has 0 aliphatic heterocycles. The topological polar surface area (TPSA) is 56.0 Å². The van der Waals surface area contributed by atoms with Crippen LogP contribution in [0.4, 0.5) is 0 Å². The molecule has 0 atom stereocenters. The zero-order chi connectivity index (χ0) is 8.81. The summed E-state index contributed by atoms with van der Waals surface area (Å²) in [6.07, 6.45) is 0. The SMILES string of the molecule is N#CCNCc1ccccc1O. The lowest BCUT2D eigenvalue weighted by Crippen LogP contribution is -2.12. The molecular weight excluding hydrogens is 152 g/mol. The van der Waals surface area contributed by atoms with Crippen LogP contribution in [0, 0.1) is 11.3 Å². The van der Waals surface area contributed by atoms with Gasteiger partial charge in [0.15, 0.2) is 0 Å². The Morgan fingerprint density at radius 3 is 2.83 bits per heavy atom. The first-order valence-electron chi connectivity index (χ1n) is 3.69. The van der Waals surface area contributed by atoms with Gasteiger partial charge in [0.05, 0.1) is 12.6 Å². The van der Waals surface area contributed by atoms with Crippen LogP contribution >= 0.6 is 0 Å². The van der Waals surface area contributed by atoms with Crippen LogP contribution in [0.2, 0.25) is 0 Å². The fourth-order valence-corrected chi connectivity index (χ4v) is 0.913. The second kappa shape index (κ2) is 4.37. The van der Waals surface area contributed by atoms with Crippen molar-refractivity contribution in [3.8, 4) is 11.8 Å². The second-order valence-corrected chi connectivity index (χ2v) is 2.39. The lowest BCUT2D eigenvalue weighted by Gasteiger charge is -2.02. The first kappa shape index (κ1) is 8.57. The quantitative estimate of drug-likeness (QED) is 0.515. The van der Waals surface area contributed by atoms with Gasteiger partial charge in [-0.3, -0.25) is 0 Å². The molecule has 0 bridgehead atoms. The standard InChI is InChI=1S/C9H10N2O/c10-5-6-11-7-8-3-1-2-4-9(8)12/h1-4,11-12H,6-7H2. The van der Waals surface area contributed by atoms with Gasteiger partial charge < -0.3 is 10.4 Å². The second-order valence-electron chi connectivity index (χ2n) is 2.39. The Morgan fingerprint density at radius 2 is 2.17 bits per heavy atom. The van der Waals surface area contributed by atoms with E-state index in [0.29, 0.717) is 13.1 Å². The molecule has 0 saturated carbocycles. The lowest BCUT2D eigenvalue weighted by atomic mass is 10.2. The van der Waals surface area contributed by atoms with E-state index in [2.05, 4.69) is 5.32 Å². The molecule has 1 aromatic carbocycles. The van der Waals surface area contributed by atoms with Gasteiger partial charge in [-0.25, -0.2) is 0 Å². The molecule has 0 unspecified atom stereocenters. The number of phenolic OH excluding ortho intramolecular Hbond substituents is 1. The Morgan fingerprint density at radius 1 is 1.42 bits per heavy atom. The van der Waals surface area contributed by atoms with E-state index in [1.165, 1.54) is 0 Å². The van der Waals surface area contributed by atoms with Crippen molar-refractivity contribution in [2.24, 2.45) is 0 Å². The average Bonchev–Trinajstić information content (AvgIpc) is 2.09. The third kappa shape index (κ3) is 2.26. The zero-order valence-electron chi connectivity index (χ0n) is 6.62. The van der Waals surface area contributed by atoms with Crippen molar-refractivity contribution in [3.05, 3.63) is 29.8 Å². The number of phenols is 1. The highest BCUT2D eigenvalue weighted by atomic mass is 16.3. The van der Waals surface area contributed by atoms with E-state index >= 15 is 0 Å². The minimum atomic E-state index is 0.267. The lowest BCUT2D eigenvalue weighted by molar-refractivity contribution is 0.465. The van der Waals surface area contributed by atoms with Crippen LogP contribution in [0.3, 0.4) is 0 Å². The molecule has 1 rings (SSSR count). The summed E-state index contributed by atoms with van der Waals surface area (Å²) in [5, 5.41) is 20.4. The Labute approximate surface area is 71.3 Å². The molecule has 62 valence electrons. The third-order valence-corrected chi connectivity index (χ3v) is 1.51. The number of nitriles is 1. The molecule has 0 aliphatic rings. The highest BCUT2D eigenvalue weighted by Gasteiger charge is 1.96. The minimum absolute atomic E-state index is 0.267. The fraction of sp³-hybridized carbons (Fsp3) is 0.222. The first-order chi connectivity index (χ1) is 5.84. The smallest absolute Gasteiger partial charge is 0.120 e. The van der Waals surface area contributed by atoms with Crippen LogP contribution in [-0.4, -0.2) is 11.7 Å². The highest BCUT2D eigenvalue weighted by Crippen LogP contribution is 2.14. The normalized spacial score (nSPS) is 9.25. The maximum absolute atomic E-state index is 9.29. The summed E-state index contributed by atoms with van der Waals surface area (Å²) >= 11 is 0. The van der Waals surface area contributed by atoms with Crippen molar-refractivity contribution >= 4 is 0 Å². The molecule has 3 nitrogen and oxygen atoms in total. The Kier molecular flexibility index (Phi) is 3.12. The molecule has 12 heavy (non-hydrogen) atoms. The number of hydrogen-bond acceptors (Lipinski definition) is 3. The number of nitrogens with one attached hydrogen (secondary N) is 1. The predicted molar refractivity (Wildman–Crippen MR) is 45.4 cm³/mol. The van der Waals surface area contributed by atoms with Gasteiger partial charge in [-0.1, -0.05) is 18.2 Å². The van der Waals surface area contributed by atoms with E-state index < -0.39 is 0 Å². The maximum atomic E-state index is 9.29. The fourth-order valence-electron chi connectivity index (χ4n) is 0.913. The first-order valence-corrected chi connectivity index (χ1v) is 3.69. The molecule has 0 radical (unpaired) electrons. The summed E-state index contributed by atoms with van der Waals surface area (Å²) in [7, 11) is 0. The maximum Gasteiger partial charge on any atom is 0.120 e. The highest BCUT2D eigenvalue weighted by molar-refractivity contribution is 5.31. The van der Waals surface area contributed by atoms with E-state index in [1.54, 1.807) is 12.1 Å². The van der Waals surface area contributed by atoms with E-state index in [-0.39, 0.29) is 5.75 Å². The third-order valence-electron chi connectivity index (χ3n) is 1.51. The van der Waals surface area contributed by atoms with E-state index in [9.17, 15) is 5.11 Å². The predicted octanol–water partition coefficient (Wildman–Crippen LogP) is 1.01. The van der Waals surface area contributed by atoms with Crippen LogP contribution in [0.5, 0.6) is 5.75 Å². The molecule has 3 heteroatoms. The monoisotopic (exact) mass is 162 g/mol. The Balaban J connectivity index is 2.53. The summed E-state index contributed by atoms with van der Waals surface area (Å²) < 4.78 is 0. The molecule has 0 spiro atoms. The number of para-hydroxylation sites is 1. The molecule has 0 heterocycles. The Hall–Kier alpha value is -1.53. The number of hydrogen-bond donors (Lipinski definition) is 2. The molecule has 1 aromatic rings. The average molecular weight is 162 g/mol. The van der Waals surface area contributed by atoms with Crippen LogP contribution in [-0.2, 0) is 6.54 Å². The molecule has 2 N–H and O–H groups in total. The minimum Gasteiger partial charge on any atom is -0.508 e. The number of aromatic hydroxyl groups is 1. The molecule has 0 amide bonds. The van der Waals surface area contributed by atoms with Gasteiger partial charge in [0.2, 0.25) is 0 Å². The van der Waals surface area contributed by atoms with E-state index in [0.717, 1.165) is 5.56 Å². The van der Waals surface area contributed by atoms with Crippen molar-refractivity contribution < 1.29 is 5.11 Å². The van der Waals surface area contributed by atoms with Gasteiger partial charge in [0, 0.05) is 12.1 Å². The van der Waals surface area contributed by atoms with Crippen LogP contribution < -0.4 is 5.32 Å². The van der Waals surface area contributed by atoms with Crippen LogP contribution in [0.15, 0.2) is 24.3 Å². The van der Waals surface area contributed by atoms with Gasteiger partial charge in [-0.15, -0.1) is 0 Å². The van der Waals surface area contributed by atoms with E-state index in [4.69, 9.17) is 5.26 Å². The molecular formula is C9H10N2O. The number of rotatable bonds is 3. The molecule has 0 saturated heterocycles. The van der Waals surface area contributed by atoms with Crippen molar-refractivity contribution in [3.63, 3.8) is 0 Å². The van der Waals surface area contributed by atoms with Crippen molar-refractivity contribution in [2.75, 3.05) is 6.54 Å². The van der Waals surface area contributed by atoms with Gasteiger partial charge >= 0.3 is 0 Å². The number of nitrogens with zero attached hydrogens (tertiary/aromatic N) is 1. The molecule has 0 aromatic heterocycles. The van der Waals surface area contributed by atoms with E-state index in [1.807, 2.05) is 18.2 Å². The molecule has 0 aliphatic carbocycles. The largest absolute Gasteiger partial charge is 0.508 e. The van der Waals surface area contributed by atoms with Crippen LogP contribution in [0.25, 0.3) is 0 Å². The summed E-state index contributed by atoms with van der Waals surface area (Å²) in [6.45, 7) is 0.828.